The zero-order chi connectivity index (χ0) is 10.3. The highest BCUT2D eigenvalue weighted by Crippen LogP contribution is 1.99. The van der Waals surface area contributed by atoms with Crippen LogP contribution in [0.1, 0.15) is 6.92 Å². The van der Waals surface area contributed by atoms with Crippen LogP contribution in [-0.4, -0.2) is 31.6 Å². The number of ether oxygens (including phenoxy) is 1. The van der Waals surface area contributed by atoms with Gasteiger partial charge in [-0.1, -0.05) is 6.58 Å². The molecule has 74 valence electrons. The summed E-state index contributed by atoms with van der Waals surface area (Å²) >= 11 is 0. The van der Waals surface area contributed by atoms with Crippen LogP contribution in [0.4, 0.5) is 0 Å². The Bertz CT molecular complexity index is 210. The largest absolute Gasteiger partial charge is 0.461 e. The molecule has 0 aliphatic rings. The van der Waals surface area contributed by atoms with Gasteiger partial charge in [-0.2, -0.15) is 0 Å². The number of nitrogens with zero attached hydrogens (tertiary/aromatic N) is 1. The molecule has 0 heterocycles. The zero-order valence-electron chi connectivity index (χ0n) is 8.33. The Morgan fingerprint density at radius 2 is 2.23 bits per heavy atom. The Morgan fingerprint density at radius 3 is 2.62 bits per heavy atom. The van der Waals surface area contributed by atoms with Crippen LogP contribution < -0.4 is 5.32 Å². The number of rotatable bonds is 5. The number of likely N-dealkylation sites (N-methyl/N-ethyl adjacent to an activating group) is 1. The third-order valence-electron chi connectivity index (χ3n) is 1.30. The fourth-order valence-electron chi connectivity index (χ4n) is 0.713. The normalized spacial score (nSPS) is 10.5. The van der Waals surface area contributed by atoms with E-state index in [1.54, 1.807) is 32.1 Å². The lowest BCUT2D eigenvalue weighted by atomic mass is 10.4. The predicted octanol–water partition coefficient (Wildman–Crippen LogP) is 0.686. The minimum atomic E-state index is -0.346. The number of nitrogens with one attached hydrogen (secondary N) is 1. The average molecular weight is 184 g/mol. The first-order chi connectivity index (χ1) is 6.13. The van der Waals surface area contributed by atoms with Crippen LogP contribution in [0, 0.1) is 0 Å². The molecule has 0 rings (SSSR count). The van der Waals surface area contributed by atoms with Crippen molar-refractivity contribution in [3.63, 3.8) is 0 Å². The second-order valence-electron chi connectivity index (χ2n) is 2.52. The van der Waals surface area contributed by atoms with E-state index in [9.17, 15) is 4.79 Å². The van der Waals surface area contributed by atoms with E-state index in [2.05, 4.69) is 11.9 Å². The standard InChI is InChI=1S/C9H16N2O2/c1-5-10-7-8(11(3)4)9(12)13-6-2/h5,7,10H,1,6H2,2-4H3/b8-7-. The van der Waals surface area contributed by atoms with Gasteiger partial charge in [0.05, 0.1) is 6.61 Å². The van der Waals surface area contributed by atoms with E-state index in [0.29, 0.717) is 12.3 Å². The van der Waals surface area contributed by atoms with Gasteiger partial charge in [0.15, 0.2) is 0 Å². The monoisotopic (exact) mass is 184 g/mol. The average Bonchev–Trinajstić information content (AvgIpc) is 2.05. The summed E-state index contributed by atoms with van der Waals surface area (Å²) in [6.07, 6.45) is 3.04. The van der Waals surface area contributed by atoms with Gasteiger partial charge in [-0.25, -0.2) is 4.79 Å². The molecule has 4 nitrogen and oxygen atoms in total. The summed E-state index contributed by atoms with van der Waals surface area (Å²) in [7, 11) is 3.54. The Balaban J connectivity index is 4.40. The van der Waals surface area contributed by atoms with Gasteiger partial charge in [-0.3, -0.25) is 0 Å². The molecule has 0 aromatic rings. The highest BCUT2D eigenvalue weighted by molar-refractivity contribution is 5.87. The molecule has 0 amide bonds. The molecule has 0 aliphatic carbocycles. The SMILES string of the molecule is C=CN/C=C(/C(=O)OCC)N(C)C. The number of carbonyl (C=O) groups is 1. The van der Waals surface area contributed by atoms with Crippen LogP contribution in [0.5, 0.6) is 0 Å². The van der Waals surface area contributed by atoms with Crippen molar-refractivity contribution in [2.45, 2.75) is 6.92 Å². The molecule has 0 radical (unpaired) electrons. The van der Waals surface area contributed by atoms with E-state index < -0.39 is 0 Å². The van der Waals surface area contributed by atoms with E-state index >= 15 is 0 Å². The Hall–Kier alpha value is -1.45. The summed E-state index contributed by atoms with van der Waals surface area (Å²) in [6, 6.07) is 0. The van der Waals surface area contributed by atoms with Gasteiger partial charge in [0, 0.05) is 20.3 Å². The molecule has 0 unspecified atom stereocenters. The second kappa shape index (κ2) is 6.11. The van der Waals surface area contributed by atoms with Crippen LogP contribution in [0.15, 0.2) is 24.7 Å². The topological polar surface area (TPSA) is 41.6 Å². The Kier molecular flexibility index (Phi) is 5.43. The fraction of sp³-hybridized carbons (Fsp3) is 0.444. The first-order valence-corrected chi connectivity index (χ1v) is 4.05. The molecule has 0 spiro atoms. The lowest BCUT2D eigenvalue weighted by molar-refractivity contribution is -0.140. The minimum Gasteiger partial charge on any atom is -0.461 e. The highest BCUT2D eigenvalue weighted by atomic mass is 16.5. The third kappa shape index (κ3) is 4.20. The maximum absolute atomic E-state index is 11.3. The molecule has 0 saturated carbocycles. The van der Waals surface area contributed by atoms with Crippen LogP contribution in [0.3, 0.4) is 0 Å². The maximum atomic E-state index is 11.3. The summed E-state index contributed by atoms with van der Waals surface area (Å²) in [4.78, 5) is 13.0. The quantitative estimate of drug-likeness (QED) is 0.504. The van der Waals surface area contributed by atoms with Crippen molar-refractivity contribution in [3.05, 3.63) is 24.7 Å². The van der Waals surface area contributed by atoms with E-state index in [4.69, 9.17) is 4.74 Å². The number of esters is 1. The van der Waals surface area contributed by atoms with Gasteiger partial charge in [-0.15, -0.1) is 0 Å². The molecule has 13 heavy (non-hydrogen) atoms. The first-order valence-electron chi connectivity index (χ1n) is 4.05. The van der Waals surface area contributed by atoms with Gasteiger partial charge in [-0.05, 0) is 13.1 Å². The van der Waals surface area contributed by atoms with Crippen LogP contribution in [-0.2, 0) is 9.53 Å². The molecule has 0 aromatic heterocycles. The van der Waals surface area contributed by atoms with Crippen LogP contribution >= 0.6 is 0 Å². The molecule has 0 bridgehead atoms. The molecule has 0 saturated heterocycles. The minimum absolute atomic E-state index is 0.346. The maximum Gasteiger partial charge on any atom is 0.356 e. The molecule has 1 N–H and O–H groups in total. The summed E-state index contributed by atoms with van der Waals surface area (Å²) in [5, 5.41) is 2.73. The summed E-state index contributed by atoms with van der Waals surface area (Å²) < 4.78 is 4.84. The van der Waals surface area contributed by atoms with Crippen molar-refractivity contribution >= 4 is 5.97 Å². The van der Waals surface area contributed by atoms with Crippen LogP contribution in [0.2, 0.25) is 0 Å². The molecule has 0 aromatic carbocycles. The number of hydrogen-bond acceptors (Lipinski definition) is 4. The fourth-order valence-corrected chi connectivity index (χ4v) is 0.713. The molecule has 0 atom stereocenters. The smallest absolute Gasteiger partial charge is 0.356 e. The third-order valence-corrected chi connectivity index (χ3v) is 1.30. The summed E-state index contributed by atoms with van der Waals surface area (Å²) in [5.74, 6) is -0.346. The van der Waals surface area contributed by atoms with Crippen molar-refractivity contribution in [1.82, 2.24) is 10.2 Å². The van der Waals surface area contributed by atoms with Crippen molar-refractivity contribution in [2.75, 3.05) is 20.7 Å². The highest BCUT2D eigenvalue weighted by Gasteiger charge is 2.11. The number of hydrogen-bond donors (Lipinski definition) is 1. The lowest BCUT2D eigenvalue weighted by Gasteiger charge is -2.15. The van der Waals surface area contributed by atoms with E-state index in [0.717, 1.165) is 0 Å². The van der Waals surface area contributed by atoms with Crippen LogP contribution in [0.25, 0.3) is 0 Å². The van der Waals surface area contributed by atoms with Crippen molar-refractivity contribution in [2.24, 2.45) is 0 Å². The predicted molar refractivity (Wildman–Crippen MR) is 51.7 cm³/mol. The van der Waals surface area contributed by atoms with Gasteiger partial charge in [0.25, 0.3) is 0 Å². The van der Waals surface area contributed by atoms with Gasteiger partial charge >= 0.3 is 5.97 Å². The second-order valence-corrected chi connectivity index (χ2v) is 2.52. The van der Waals surface area contributed by atoms with E-state index in [-0.39, 0.29) is 5.97 Å². The summed E-state index contributed by atoms with van der Waals surface area (Å²) in [6.45, 7) is 5.61. The first kappa shape index (κ1) is 11.6. The van der Waals surface area contributed by atoms with Crippen molar-refractivity contribution in [3.8, 4) is 0 Å². The molecule has 0 fully saturated rings. The number of carbonyl (C=O) groups excluding carboxylic acids is 1. The van der Waals surface area contributed by atoms with Gasteiger partial charge < -0.3 is 15.0 Å². The van der Waals surface area contributed by atoms with E-state index in [1.165, 1.54) is 6.20 Å². The lowest BCUT2D eigenvalue weighted by Crippen LogP contribution is -2.23. The van der Waals surface area contributed by atoms with E-state index in [1.807, 2.05) is 0 Å². The van der Waals surface area contributed by atoms with Crippen molar-refractivity contribution in [1.29, 1.82) is 0 Å². The molecular weight excluding hydrogens is 168 g/mol. The molecule has 0 aliphatic heterocycles. The molecular formula is C9H16N2O2. The van der Waals surface area contributed by atoms with Crippen molar-refractivity contribution < 1.29 is 9.53 Å². The Labute approximate surface area is 78.9 Å². The Morgan fingerprint density at radius 1 is 1.62 bits per heavy atom. The van der Waals surface area contributed by atoms with Gasteiger partial charge in [0.1, 0.15) is 5.70 Å². The zero-order valence-corrected chi connectivity index (χ0v) is 8.33. The van der Waals surface area contributed by atoms with Gasteiger partial charge in [0.2, 0.25) is 0 Å². The molecule has 4 heteroatoms. The summed E-state index contributed by atoms with van der Waals surface area (Å²) in [5.41, 5.74) is 0.460.